The molecule has 1 aliphatic rings. The molecule has 2 heterocycles. The molecule has 5 heteroatoms. The van der Waals surface area contributed by atoms with Crippen LogP contribution in [0.3, 0.4) is 0 Å². The first kappa shape index (κ1) is 8.56. The van der Waals surface area contributed by atoms with Crippen LogP contribution in [0.5, 0.6) is 0 Å². The summed E-state index contributed by atoms with van der Waals surface area (Å²) in [4.78, 5) is 10.1. The van der Waals surface area contributed by atoms with E-state index in [0.717, 1.165) is 18.9 Å². The fourth-order valence-corrected chi connectivity index (χ4v) is 1.72. The highest BCUT2D eigenvalue weighted by atomic mass is 35.5. The topological polar surface area (TPSA) is 55.0 Å². The lowest BCUT2D eigenvalue weighted by atomic mass is 10.4. The summed E-state index contributed by atoms with van der Waals surface area (Å²) in [5.41, 5.74) is 5.56. The maximum atomic E-state index is 5.70. The molecule has 0 aliphatic carbocycles. The number of anilines is 2. The van der Waals surface area contributed by atoms with Crippen molar-refractivity contribution in [1.29, 1.82) is 0 Å². The number of hydrogen-bond donors (Lipinski definition) is 1. The van der Waals surface area contributed by atoms with E-state index < -0.39 is 0 Å². The minimum absolute atomic E-state index is 0.224. The molecule has 0 spiro atoms. The zero-order valence-corrected chi connectivity index (χ0v) is 7.96. The average Bonchev–Trinajstić information content (AvgIpc) is 2.53. The molecule has 2 rings (SSSR count). The maximum Gasteiger partial charge on any atom is 0.226 e. The number of hydrogen-bond acceptors (Lipinski definition) is 4. The van der Waals surface area contributed by atoms with Crippen molar-refractivity contribution >= 4 is 23.2 Å². The molecule has 1 aromatic heterocycles. The second-order valence-electron chi connectivity index (χ2n) is 3.11. The molecule has 0 amide bonds. The number of nitrogens with two attached hydrogens (primary N) is 1. The molecule has 0 unspecified atom stereocenters. The zero-order chi connectivity index (χ0) is 9.26. The zero-order valence-electron chi connectivity index (χ0n) is 7.20. The number of rotatable bonds is 1. The lowest BCUT2D eigenvalue weighted by molar-refractivity contribution is 0.929. The molecular weight excluding hydrogens is 188 g/mol. The second-order valence-corrected chi connectivity index (χ2v) is 3.45. The molecule has 13 heavy (non-hydrogen) atoms. The van der Waals surface area contributed by atoms with Crippen molar-refractivity contribution in [3.05, 3.63) is 11.3 Å². The Morgan fingerprint density at radius 3 is 2.62 bits per heavy atom. The van der Waals surface area contributed by atoms with E-state index in [9.17, 15) is 0 Å². The molecule has 0 bridgehead atoms. The normalized spacial score (nSPS) is 16.5. The molecule has 70 valence electrons. The van der Waals surface area contributed by atoms with Gasteiger partial charge in [-0.25, -0.2) is 9.97 Å². The van der Waals surface area contributed by atoms with Crippen molar-refractivity contribution < 1.29 is 0 Å². The lowest BCUT2D eigenvalue weighted by Crippen LogP contribution is -2.19. The van der Waals surface area contributed by atoms with Gasteiger partial charge < -0.3 is 10.6 Å². The van der Waals surface area contributed by atoms with Gasteiger partial charge in [-0.05, 0) is 24.4 Å². The van der Waals surface area contributed by atoms with Gasteiger partial charge in [-0.1, -0.05) is 0 Å². The van der Waals surface area contributed by atoms with Gasteiger partial charge in [0.25, 0.3) is 0 Å². The van der Waals surface area contributed by atoms with Crippen LogP contribution in [0.4, 0.5) is 11.6 Å². The number of nitrogens with zero attached hydrogens (tertiary/aromatic N) is 3. The summed E-state index contributed by atoms with van der Waals surface area (Å²) in [7, 11) is 0. The van der Waals surface area contributed by atoms with Gasteiger partial charge in [-0.3, -0.25) is 0 Å². The SMILES string of the molecule is Nc1cc(N2CCCC2)nc(Cl)n1. The van der Waals surface area contributed by atoms with Crippen molar-refractivity contribution in [3.63, 3.8) is 0 Å². The van der Waals surface area contributed by atoms with Gasteiger partial charge in [0.05, 0.1) is 0 Å². The van der Waals surface area contributed by atoms with Gasteiger partial charge >= 0.3 is 0 Å². The van der Waals surface area contributed by atoms with Crippen molar-refractivity contribution in [2.24, 2.45) is 0 Å². The molecule has 1 aliphatic heterocycles. The van der Waals surface area contributed by atoms with Crippen molar-refractivity contribution in [2.45, 2.75) is 12.8 Å². The third kappa shape index (κ3) is 1.83. The molecular formula is C8H11ClN4. The van der Waals surface area contributed by atoms with Crippen LogP contribution < -0.4 is 10.6 Å². The quantitative estimate of drug-likeness (QED) is 0.692. The number of halogens is 1. The van der Waals surface area contributed by atoms with E-state index in [4.69, 9.17) is 17.3 Å². The van der Waals surface area contributed by atoms with Crippen molar-refractivity contribution in [1.82, 2.24) is 9.97 Å². The van der Waals surface area contributed by atoms with Gasteiger partial charge in [0.15, 0.2) is 0 Å². The van der Waals surface area contributed by atoms with Gasteiger partial charge in [0, 0.05) is 19.2 Å². The van der Waals surface area contributed by atoms with E-state index in [1.54, 1.807) is 6.07 Å². The lowest BCUT2D eigenvalue weighted by Gasteiger charge is -2.15. The first-order valence-corrected chi connectivity index (χ1v) is 4.68. The smallest absolute Gasteiger partial charge is 0.226 e. The minimum Gasteiger partial charge on any atom is -0.383 e. The largest absolute Gasteiger partial charge is 0.383 e. The monoisotopic (exact) mass is 198 g/mol. The highest BCUT2D eigenvalue weighted by Crippen LogP contribution is 2.20. The van der Waals surface area contributed by atoms with Crippen LogP contribution >= 0.6 is 11.6 Å². The van der Waals surface area contributed by atoms with Gasteiger partial charge in [0.1, 0.15) is 11.6 Å². The fraction of sp³-hybridized carbons (Fsp3) is 0.500. The van der Waals surface area contributed by atoms with Gasteiger partial charge in [-0.2, -0.15) is 0 Å². The van der Waals surface area contributed by atoms with E-state index in [2.05, 4.69) is 14.9 Å². The minimum atomic E-state index is 0.224. The van der Waals surface area contributed by atoms with E-state index in [0.29, 0.717) is 5.82 Å². The van der Waals surface area contributed by atoms with Crippen molar-refractivity contribution in [3.8, 4) is 0 Å². The van der Waals surface area contributed by atoms with Crippen LogP contribution in [-0.2, 0) is 0 Å². The Morgan fingerprint density at radius 2 is 2.00 bits per heavy atom. The Kier molecular flexibility index (Phi) is 2.22. The first-order chi connectivity index (χ1) is 6.25. The predicted molar refractivity (Wildman–Crippen MR) is 52.9 cm³/mol. The molecule has 0 saturated carbocycles. The predicted octanol–water partition coefficient (Wildman–Crippen LogP) is 1.31. The van der Waals surface area contributed by atoms with E-state index in [1.807, 2.05) is 0 Å². The molecule has 2 N–H and O–H groups in total. The summed E-state index contributed by atoms with van der Waals surface area (Å²) in [5, 5.41) is 0.224. The van der Waals surface area contributed by atoms with Crippen LogP contribution in [-0.4, -0.2) is 23.1 Å². The third-order valence-corrected chi connectivity index (χ3v) is 2.30. The summed E-state index contributed by atoms with van der Waals surface area (Å²) >= 11 is 5.70. The van der Waals surface area contributed by atoms with E-state index >= 15 is 0 Å². The maximum absolute atomic E-state index is 5.70. The summed E-state index contributed by atoms with van der Waals surface area (Å²) < 4.78 is 0. The molecule has 0 atom stereocenters. The third-order valence-electron chi connectivity index (χ3n) is 2.14. The van der Waals surface area contributed by atoms with Crippen LogP contribution in [0, 0.1) is 0 Å². The van der Waals surface area contributed by atoms with E-state index in [1.165, 1.54) is 12.8 Å². The molecule has 1 aromatic rings. The van der Waals surface area contributed by atoms with Crippen LogP contribution in [0.1, 0.15) is 12.8 Å². The van der Waals surface area contributed by atoms with Crippen LogP contribution in [0.15, 0.2) is 6.07 Å². The number of aromatic nitrogens is 2. The number of nitrogen functional groups attached to an aromatic ring is 1. The summed E-state index contributed by atoms with van der Waals surface area (Å²) in [6, 6.07) is 1.76. The van der Waals surface area contributed by atoms with Gasteiger partial charge in [-0.15, -0.1) is 0 Å². The Hall–Kier alpha value is -1.03. The first-order valence-electron chi connectivity index (χ1n) is 4.31. The highest BCUT2D eigenvalue weighted by Gasteiger charge is 2.14. The average molecular weight is 199 g/mol. The van der Waals surface area contributed by atoms with Crippen LogP contribution in [0.2, 0.25) is 5.28 Å². The highest BCUT2D eigenvalue weighted by molar-refractivity contribution is 6.28. The fourth-order valence-electron chi connectivity index (χ4n) is 1.53. The van der Waals surface area contributed by atoms with Crippen LogP contribution in [0.25, 0.3) is 0 Å². The van der Waals surface area contributed by atoms with E-state index in [-0.39, 0.29) is 5.28 Å². The molecule has 4 nitrogen and oxygen atoms in total. The second kappa shape index (κ2) is 3.38. The molecule has 0 radical (unpaired) electrons. The Morgan fingerprint density at radius 1 is 1.31 bits per heavy atom. The Bertz CT molecular complexity index is 289. The molecule has 1 fully saturated rings. The Balaban J connectivity index is 2.28. The Labute approximate surface area is 81.7 Å². The molecule has 1 saturated heterocycles. The standard InChI is InChI=1S/C8H11ClN4/c9-8-11-6(10)5-7(12-8)13-3-1-2-4-13/h5H,1-4H2,(H2,10,11,12). The van der Waals surface area contributed by atoms with Crippen molar-refractivity contribution in [2.75, 3.05) is 23.7 Å². The summed E-state index contributed by atoms with van der Waals surface area (Å²) in [5.74, 6) is 1.27. The summed E-state index contributed by atoms with van der Waals surface area (Å²) in [6.45, 7) is 2.07. The van der Waals surface area contributed by atoms with Gasteiger partial charge in [0.2, 0.25) is 5.28 Å². The molecule has 0 aromatic carbocycles. The summed E-state index contributed by atoms with van der Waals surface area (Å²) in [6.07, 6.45) is 2.42.